The van der Waals surface area contributed by atoms with Crippen LogP contribution in [-0.2, 0) is 18.4 Å². The van der Waals surface area contributed by atoms with E-state index in [1.165, 1.54) is 0 Å². The van der Waals surface area contributed by atoms with Gasteiger partial charge in [0.1, 0.15) is 0 Å². The Balaban J connectivity index is 1.93. The normalized spacial score (nSPS) is 21.6. The third-order valence-electron chi connectivity index (χ3n) is 4.54. The Kier molecular flexibility index (Phi) is 4.20. The molecule has 1 fully saturated rings. The summed E-state index contributed by atoms with van der Waals surface area (Å²) in [7, 11) is 1.85. The van der Waals surface area contributed by atoms with Gasteiger partial charge in [0, 0.05) is 37.9 Å². The summed E-state index contributed by atoms with van der Waals surface area (Å²) in [4.78, 5) is 25.1. The summed E-state index contributed by atoms with van der Waals surface area (Å²) in [6, 6.07) is -0.213. The number of carbonyl (C=O) groups is 2. The van der Waals surface area contributed by atoms with Gasteiger partial charge in [-0.1, -0.05) is 6.92 Å². The molecular weight excluding hydrogens is 272 g/mol. The monoisotopic (exact) mass is 294 g/mol. The molecule has 1 aliphatic heterocycles. The maximum Gasteiger partial charge on any atom is 0.317 e. The van der Waals surface area contributed by atoms with Gasteiger partial charge in [-0.25, -0.2) is 4.79 Å². The van der Waals surface area contributed by atoms with E-state index >= 15 is 0 Å². The van der Waals surface area contributed by atoms with Gasteiger partial charge < -0.3 is 15.3 Å². The number of hydrogen-bond donors (Lipinski definition) is 2. The SMILES string of the molecule is CCC1(C(=O)O)CCN(C(=O)NCc2cnn(C)c2C)C1. The molecule has 2 amide bonds. The highest BCUT2D eigenvalue weighted by Gasteiger charge is 2.44. The first-order chi connectivity index (χ1) is 9.89. The number of hydrogen-bond acceptors (Lipinski definition) is 3. The van der Waals surface area contributed by atoms with E-state index in [4.69, 9.17) is 0 Å². The molecule has 1 atom stereocenters. The molecule has 0 aliphatic carbocycles. The number of nitrogens with zero attached hydrogens (tertiary/aromatic N) is 3. The summed E-state index contributed by atoms with van der Waals surface area (Å²) < 4.78 is 1.75. The lowest BCUT2D eigenvalue weighted by Gasteiger charge is -2.23. The van der Waals surface area contributed by atoms with Gasteiger partial charge in [-0.2, -0.15) is 5.10 Å². The first kappa shape index (κ1) is 15.3. The van der Waals surface area contributed by atoms with Gasteiger partial charge in [-0.3, -0.25) is 9.48 Å². The van der Waals surface area contributed by atoms with E-state index in [9.17, 15) is 14.7 Å². The lowest BCUT2D eigenvalue weighted by Crippen LogP contribution is -2.41. The molecule has 0 radical (unpaired) electrons. The molecule has 1 aromatic rings. The molecule has 7 heteroatoms. The highest BCUT2D eigenvalue weighted by molar-refractivity contribution is 5.79. The number of aliphatic carboxylic acids is 1. The molecule has 0 bridgehead atoms. The number of carbonyl (C=O) groups excluding carboxylic acids is 1. The quantitative estimate of drug-likeness (QED) is 0.871. The Labute approximate surface area is 123 Å². The highest BCUT2D eigenvalue weighted by atomic mass is 16.4. The number of aryl methyl sites for hydroxylation is 1. The predicted molar refractivity (Wildman–Crippen MR) is 76.7 cm³/mol. The Morgan fingerprint density at radius 2 is 2.24 bits per heavy atom. The van der Waals surface area contributed by atoms with Crippen molar-refractivity contribution in [1.29, 1.82) is 0 Å². The van der Waals surface area contributed by atoms with Crippen molar-refractivity contribution < 1.29 is 14.7 Å². The summed E-state index contributed by atoms with van der Waals surface area (Å²) in [6.45, 7) is 4.96. The molecule has 2 N–H and O–H groups in total. The van der Waals surface area contributed by atoms with Crippen LogP contribution in [0.2, 0.25) is 0 Å². The molecule has 1 unspecified atom stereocenters. The topological polar surface area (TPSA) is 87.5 Å². The van der Waals surface area contributed by atoms with Crippen molar-refractivity contribution in [2.45, 2.75) is 33.2 Å². The number of carboxylic acid groups (broad SMARTS) is 1. The largest absolute Gasteiger partial charge is 0.481 e. The van der Waals surface area contributed by atoms with Gasteiger partial charge in [0.05, 0.1) is 11.6 Å². The van der Waals surface area contributed by atoms with Crippen LogP contribution in [0, 0.1) is 12.3 Å². The fraction of sp³-hybridized carbons (Fsp3) is 0.643. The van der Waals surface area contributed by atoms with Crippen molar-refractivity contribution in [3.63, 3.8) is 0 Å². The molecule has 0 aromatic carbocycles. The van der Waals surface area contributed by atoms with Crippen molar-refractivity contribution in [2.75, 3.05) is 13.1 Å². The van der Waals surface area contributed by atoms with E-state index in [1.54, 1.807) is 15.8 Å². The van der Waals surface area contributed by atoms with E-state index in [-0.39, 0.29) is 12.6 Å². The lowest BCUT2D eigenvalue weighted by atomic mass is 9.84. The molecule has 1 saturated heterocycles. The highest BCUT2D eigenvalue weighted by Crippen LogP contribution is 2.34. The number of likely N-dealkylation sites (tertiary alicyclic amines) is 1. The summed E-state index contributed by atoms with van der Waals surface area (Å²) in [5.74, 6) is -0.816. The minimum absolute atomic E-state index is 0.213. The molecule has 1 aliphatic rings. The van der Waals surface area contributed by atoms with Gasteiger partial charge in [-0.05, 0) is 19.8 Å². The molecule has 116 valence electrons. The first-order valence-corrected chi connectivity index (χ1v) is 7.13. The van der Waals surface area contributed by atoms with Gasteiger partial charge >= 0.3 is 12.0 Å². The average Bonchev–Trinajstić information content (AvgIpc) is 3.03. The van der Waals surface area contributed by atoms with E-state index in [1.807, 2.05) is 20.9 Å². The molecule has 1 aromatic heterocycles. The van der Waals surface area contributed by atoms with Crippen LogP contribution in [0.25, 0.3) is 0 Å². The molecule has 21 heavy (non-hydrogen) atoms. The Bertz CT molecular complexity index is 554. The van der Waals surface area contributed by atoms with Crippen molar-refractivity contribution >= 4 is 12.0 Å². The van der Waals surface area contributed by atoms with Crippen LogP contribution in [0.5, 0.6) is 0 Å². The Morgan fingerprint density at radius 3 is 2.71 bits per heavy atom. The van der Waals surface area contributed by atoms with Crippen molar-refractivity contribution in [3.8, 4) is 0 Å². The molecule has 0 saturated carbocycles. The Hall–Kier alpha value is -2.05. The molecule has 2 heterocycles. The minimum Gasteiger partial charge on any atom is -0.481 e. The van der Waals surface area contributed by atoms with Crippen LogP contribution < -0.4 is 5.32 Å². The zero-order valence-corrected chi connectivity index (χ0v) is 12.7. The predicted octanol–water partition coefficient (Wildman–Crippen LogP) is 1.12. The number of nitrogens with one attached hydrogen (secondary N) is 1. The number of urea groups is 1. The zero-order chi connectivity index (χ0) is 15.6. The van der Waals surface area contributed by atoms with E-state index in [0.717, 1.165) is 11.3 Å². The fourth-order valence-corrected chi connectivity index (χ4v) is 2.66. The average molecular weight is 294 g/mol. The van der Waals surface area contributed by atoms with Crippen LogP contribution in [0.15, 0.2) is 6.20 Å². The maximum atomic E-state index is 12.2. The summed E-state index contributed by atoms with van der Waals surface area (Å²) >= 11 is 0. The van der Waals surface area contributed by atoms with Crippen LogP contribution in [0.3, 0.4) is 0 Å². The molecule has 7 nitrogen and oxygen atoms in total. The standard InChI is InChI=1S/C14H22N4O3/c1-4-14(12(19)20)5-6-18(9-14)13(21)15-7-11-8-16-17(3)10(11)2/h8H,4-7,9H2,1-3H3,(H,15,21)(H,19,20). The Morgan fingerprint density at radius 1 is 1.52 bits per heavy atom. The second kappa shape index (κ2) is 5.75. The van der Waals surface area contributed by atoms with Gasteiger partial charge in [0.25, 0.3) is 0 Å². The summed E-state index contributed by atoms with van der Waals surface area (Å²) in [5, 5.41) is 16.3. The fourth-order valence-electron chi connectivity index (χ4n) is 2.66. The van der Waals surface area contributed by atoms with Gasteiger partial charge in [0.2, 0.25) is 0 Å². The minimum atomic E-state index is -0.816. The lowest BCUT2D eigenvalue weighted by molar-refractivity contribution is -0.148. The first-order valence-electron chi connectivity index (χ1n) is 7.13. The number of amides is 2. The van der Waals surface area contributed by atoms with Crippen LogP contribution in [0.1, 0.15) is 31.0 Å². The van der Waals surface area contributed by atoms with Crippen molar-refractivity contribution in [2.24, 2.45) is 12.5 Å². The number of rotatable bonds is 4. The third kappa shape index (κ3) is 2.86. The summed E-state index contributed by atoms with van der Waals surface area (Å²) in [5.41, 5.74) is 1.18. The third-order valence-corrected chi connectivity index (χ3v) is 4.54. The van der Waals surface area contributed by atoms with Crippen molar-refractivity contribution in [1.82, 2.24) is 20.0 Å². The molecule has 2 rings (SSSR count). The van der Waals surface area contributed by atoms with E-state index in [0.29, 0.717) is 25.9 Å². The van der Waals surface area contributed by atoms with Gasteiger partial charge in [0.15, 0.2) is 0 Å². The van der Waals surface area contributed by atoms with E-state index in [2.05, 4.69) is 10.4 Å². The second-order valence-electron chi connectivity index (χ2n) is 5.65. The van der Waals surface area contributed by atoms with Crippen molar-refractivity contribution in [3.05, 3.63) is 17.5 Å². The molecule has 0 spiro atoms. The maximum absolute atomic E-state index is 12.2. The second-order valence-corrected chi connectivity index (χ2v) is 5.65. The summed E-state index contributed by atoms with van der Waals surface area (Å²) in [6.07, 6.45) is 2.78. The molecular formula is C14H22N4O3. The van der Waals surface area contributed by atoms with Crippen LogP contribution in [-0.4, -0.2) is 44.9 Å². The van der Waals surface area contributed by atoms with Gasteiger partial charge in [-0.15, -0.1) is 0 Å². The van der Waals surface area contributed by atoms with E-state index < -0.39 is 11.4 Å². The van der Waals surface area contributed by atoms with Crippen LogP contribution >= 0.6 is 0 Å². The zero-order valence-electron chi connectivity index (χ0n) is 12.7. The number of carboxylic acids is 1. The number of aromatic nitrogens is 2. The smallest absolute Gasteiger partial charge is 0.317 e. The van der Waals surface area contributed by atoms with Crippen LogP contribution in [0.4, 0.5) is 4.79 Å².